The molecule has 4 rings (SSSR count). The second-order valence-corrected chi connectivity index (χ2v) is 17.9. The van der Waals surface area contributed by atoms with Crippen LogP contribution >= 0.6 is 0 Å². The number of aliphatic imine (C=N–C) groups is 2. The van der Waals surface area contributed by atoms with E-state index in [1.165, 1.54) is 17.5 Å². The summed E-state index contributed by atoms with van der Waals surface area (Å²) >= 11 is 0. The van der Waals surface area contributed by atoms with Gasteiger partial charge in [-0.05, 0) is 90.4 Å². The number of phenols is 2. The Kier molecular flexibility index (Phi) is 14.8. The van der Waals surface area contributed by atoms with Crippen molar-refractivity contribution < 1.29 is 46.8 Å². The number of benzene rings is 2. The standard InChI is InChI=1S/C37H54N2O2.2C2H4O2.Co/c1-33(2,3)26-16-24(31(40)28(18-26)35(7,8)9)21-38-30-15-23-13-14-37(30,20-23)39-22-25-17-27(34(4,5)6)19-29(32(25)41)36(10,11)12;2*1-2(3)4;/h16-19,21-23,30,40-41H,13-15,20H2,1-12H3;2*1H3,(H,3,4);/q;;;+2/p-2. The summed E-state index contributed by atoms with van der Waals surface area (Å²) in [6.07, 6.45) is 8.04. The zero-order valence-corrected chi connectivity index (χ0v) is 33.7. The smallest absolute Gasteiger partial charge is 0.550 e. The molecule has 2 fully saturated rings. The fraction of sp³-hybridized carbons (Fsp3) is 0.610. The molecule has 0 spiro atoms. The molecule has 1 radical (unpaired) electrons. The van der Waals surface area contributed by atoms with Crippen LogP contribution in [0, 0.1) is 5.92 Å². The molecule has 2 saturated carbocycles. The van der Waals surface area contributed by atoms with Gasteiger partial charge in [0.05, 0.1) is 11.6 Å². The van der Waals surface area contributed by atoms with Gasteiger partial charge in [-0.3, -0.25) is 9.98 Å². The number of carboxylic acid groups (broad SMARTS) is 2. The van der Waals surface area contributed by atoms with E-state index in [4.69, 9.17) is 29.8 Å². The third-order valence-corrected chi connectivity index (χ3v) is 9.29. The summed E-state index contributed by atoms with van der Waals surface area (Å²) in [5.41, 5.74) is 5.19. The van der Waals surface area contributed by atoms with Crippen molar-refractivity contribution in [3.05, 3.63) is 57.6 Å². The van der Waals surface area contributed by atoms with Crippen LogP contribution < -0.4 is 10.2 Å². The fourth-order valence-corrected chi connectivity index (χ4v) is 6.49. The maximum atomic E-state index is 11.3. The van der Waals surface area contributed by atoms with Crippen molar-refractivity contribution in [2.75, 3.05) is 0 Å². The van der Waals surface area contributed by atoms with Crippen LogP contribution in [0.25, 0.3) is 0 Å². The number of carboxylic acids is 2. The van der Waals surface area contributed by atoms with Crippen molar-refractivity contribution >= 4 is 24.4 Å². The minimum Gasteiger partial charge on any atom is -0.550 e. The van der Waals surface area contributed by atoms with Gasteiger partial charge in [0, 0.05) is 46.6 Å². The first-order valence-corrected chi connectivity index (χ1v) is 17.3. The van der Waals surface area contributed by atoms with E-state index in [1.54, 1.807) is 0 Å². The normalized spacial score (nSPS) is 20.5. The number of fused-ring (bicyclic) bond motifs is 2. The van der Waals surface area contributed by atoms with Crippen molar-refractivity contribution in [1.82, 2.24) is 0 Å². The number of carbonyl (C=O) groups excluding carboxylic acids is 2. The van der Waals surface area contributed by atoms with Gasteiger partial charge in [0.2, 0.25) is 0 Å². The Bertz CT molecular complexity index is 1550. The molecule has 279 valence electrons. The number of aromatic hydroxyl groups is 2. The zero-order chi connectivity index (χ0) is 37.9. The van der Waals surface area contributed by atoms with Crippen molar-refractivity contribution in [1.29, 1.82) is 0 Å². The Morgan fingerprint density at radius 3 is 1.44 bits per heavy atom. The molecule has 9 heteroatoms. The van der Waals surface area contributed by atoms with Crippen LogP contribution in [0.5, 0.6) is 11.5 Å². The van der Waals surface area contributed by atoms with E-state index in [0.717, 1.165) is 55.4 Å². The molecule has 2 aliphatic rings. The Morgan fingerprint density at radius 1 is 0.720 bits per heavy atom. The molecular formula is C41H60CoN2O6. The second kappa shape index (κ2) is 16.4. The molecule has 50 heavy (non-hydrogen) atoms. The van der Waals surface area contributed by atoms with Gasteiger partial charge in [-0.1, -0.05) is 95.2 Å². The average Bonchev–Trinajstić information content (AvgIpc) is 3.47. The summed E-state index contributed by atoms with van der Waals surface area (Å²) in [6.45, 7) is 28.1. The number of hydrogen-bond acceptors (Lipinski definition) is 8. The Hall–Kier alpha value is -3.17. The van der Waals surface area contributed by atoms with Crippen molar-refractivity contribution in [2.24, 2.45) is 15.9 Å². The third kappa shape index (κ3) is 12.0. The van der Waals surface area contributed by atoms with Gasteiger partial charge in [-0.25, -0.2) is 0 Å². The van der Waals surface area contributed by atoms with Gasteiger partial charge < -0.3 is 30.0 Å². The van der Waals surface area contributed by atoms with Crippen LogP contribution in [-0.2, 0) is 48.0 Å². The number of aliphatic carboxylic acids is 2. The maximum absolute atomic E-state index is 11.3. The number of phenolic OH excluding ortho intramolecular Hbond substituents is 2. The average molecular weight is 736 g/mol. The van der Waals surface area contributed by atoms with E-state index >= 15 is 0 Å². The van der Waals surface area contributed by atoms with Crippen molar-refractivity contribution in [2.45, 2.75) is 156 Å². The van der Waals surface area contributed by atoms with E-state index in [0.29, 0.717) is 17.4 Å². The predicted molar refractivity (Wildman–Crippen MR) is 196 cm³/mol. The maximum Gasteiger partial charge on any atom is 2.00 e. The second-order valence-electron chi connectivity index (χ2n) is 17.9. The molecule has 2 aromatic rings. The van der Waals surface area contributed by atoms with E-state index < -0.39 is 11.9 Å². The first-order chi connectivity index (χ1) is 22.1. The van der Waals surface area contributed by atoms with E-state index in [1.807, 2.05) is 12.4 Å². The van der Waals surface area contributed by atoms with Gasteiger partial charge in [0.15, 0.2) is 0 Å². The van der Waals surface area contributed by atoms with Gasteiger partial charge in [0.1, 0.15) is 11.5 Å². The Balaban J connectivity index is 0.00000125. The van der Waals surface area contributed by atoms with Crippen LogP contribution in [-0.4, -0.2) is 46.2 Å². The summed E-state index contributed by atoms with van der Waals surface area (Å²) in [7, 11) is 0. The third-order valence-electron chi connectivity index (χ3n) is 9.29. The number of nitrogens with zero attached hydrogens (tertiary/aromatic N) is 2. The molecule has 2 N–H and O–H groups in total. The van der Waals surface area contributed by atoms with Crippen molar-refractivity contribution in [3.63, 3.8) is 0 Å². The number of rotatable bonds is 4. The molecule has 0 heterocycles. The molecule has 2 aromatic carbocycles. The van der Waals surface area contributed by atoms with Crippen LogP contribution in [0.2, 0.25) is 0 Å². The minimum absolute atomic E-state index is 0. The molecule has 3 atom stereocenters. The summed E-state index contributed by atoms with van der Waals surface area (Å²) in [5.74, 6) is -0.890. The predicted octanol–water partition coefficient (Wildman–Crippen LogP) is 6.65. The van der Waals surface area contributed by atoms with E-state index in [-0.39, 0.29) is 50.0 Å². The molecule has 3 unspecified atom stereocenters. The quantitative estimate of drug-likeness (QED) is 0.337. The number of hydrogen-bond donors (Lipinski definition) is 2. The van der Waals surface area contributed by atoms with Gasteiger partial charge in [0.25, 0.3) is 0 Å². The monoisotopic (exact) mass is 735 g/mol. The molecule has 0 saturated heterocycles. The molecule has 0 aromatic heterocycles. The molecular weight excluding hydrogens is 675 g/mol. The van der Waals surface area contributed by atoms with Gasteiger partial charge >= 0.3 is 16.8 Å². The van der Waals surface area contributed by atoms with Crippen LogP contribution in [0.15, 0.2) is 34.3 Å². The minimum atomic E-state index is -1.08. The van der Waals surface area contributed by atoms with E-state index in [2.05, 4.69) is 107 Å². The number of carbonyl (C=O) groups is 2. The summed E-state index contributed by atoms with van der Waals surface area (Å²) in [5, 5.41) is 40.4. The topological polar surface area (TPSA) is 145 Å². The molecule has 0 amide bonds. The summed E-state index contributed by atoms with van der Waals surface area (Å²) in [4.78, 5) is 28.2. The van der Waals surface area contributed by atoms with Crippen molar-refractivity contribution in [3.8, 4) is 11.5 Å². The van der Waals surface area contributed by atoms with Gasteiger partial charge in [-0.2, -0.15) is 0 Å². The molecule has 2 bridgehead atoms. The Morgan fingerprint density at radius 2 is 1.10 bits per heavy atom. The SMILES string of the molecule is CC(=O)[O-].CC(=O)[O-].CC(C)(C)c1cc(C=NC2CC3CCC2(N=Cc2cc(C(C)(C)C)cc(C(C)(C)C)c2O)C3)c(O)c(C(C)(C)C)c1.[Co+2]. The zero-order valence-electron chi connectivity index (χ0n) is 32.7. The van der Waals surface area contributed by atoms with Crippen LogP contribution in [0.3, 0.4) is 0 Å². The van der Waals surface area contributed by atoms with Gasteiger partial charge in [-0.15, -0.1) is 0 Å². The molecule has 0 aliphatic heterocycles. The Labute approximate surface area is 311 Å². The fourth-order valence-electron chi connectivity index (χ4n) is 6.49. The largest absolute Gasteiger partial charge is 2.00 e. The first kappa shape index (κ1) is 44.8. The van der Waals surface area contributed by atoms with Crippen LogP contribution in [0.4, 0.5) is 0 Å². The summed E-state index contributed by atoms with van der Waals surface area (Å²) in [6, 6.07) is 8.57. The van der Waals surface area contributed by atoms with E-state index in [9.17, 15) is 10.2 Å². The molecule has 8 nitrogen and oxygen atoms in total. The van der Waals surface area contributed by atoms with Crippen LogP contribution in [0.1, 0.15) is 156 Å². The first-order valence-electron chi connectivity index (χ1n) is 17.3. The molecule has 2 aliphatic carbocycles. The summed E-state index contributed by atoms with van der Waals surface area (Å²) < 4.78 is 0.